The third-order valence-electron chi connectivity index (χ3n) is 5.71. The third-order valence-corrected chi connectivity index (χ3v) is 8.31. The molecule has 3 rings (SSSR count). The molecule has 20 heteroatoms. The lowest BCUT2D eigenvalue weighted by molar-refractivity contribution is -0.256. The van der Waals surface area contributed by atoms with E-state index >= 15 is 0 Å². The zero-order valence-corrected chi connectivity index (χ0v) is 21.5. The van der Waals surface area contributed by atoms with Crippen LogP contribution in [0.3, 0.4) is 0 Å². The van der Waals surface area contributed by atoms with Crippen LogP contribution in [-0.4, -0.2) is 114 Å². The highest BCUT2D eigenvalue weighted by atomic mass is 31.3. The van der Waals surface area contributed by atoms with Gasteiger partial charge in [-0.05, 0) is 21.0 Å². The Morgan fingerprint density at radius 1 is 1.03 bits per heavy atom. The molecule has 0 radical (unpaired) electrons. The number of hydrogen-bond acceptors (Lipinski definition) is 14. The lowest BCUT2D eigenvalue weighted by atomic mass is 9.96. The van der Waals surface area contributed by atoms with Crippen molar-refractivity contribution in [2.75, 3.05) is 20.7 Å². The van der Waals surface area contributed by atoms with Crippen molar-refractivity contribution in [1.29, 1.82) is 0 Å². The first kappa shape index (κ1) is 30.2. The van der Waals surface area contributed by atoms with Gasteiger partial charge in [0.25, 0.3) is 5.56 Å². The number of rotatable bonds is 9. The van der Waals surface area contributed by atoms with Gasteiger partial charge in [0.15, 0.2) is 12.5 Å². The van der Waals surface area contributed by atoms with Gasteiger partial charge in [0, 0.05) is 12.3 Å². The van der Waals surface area contributed by atoms with Crippen molar-refractivity contribution in [2.24, 2.45) is 0 Å². The first-order chi connectivity index (χ1) is 17.0. The molecule has 18 nitrogen and oxygen atoms in total. The first-order valence-electron chi connectivity index (χ1n) is 10.7. The Hall–Kier alpha value is -1.34. The number of aromatic nitrogens is 2. The first-order valence-corrected chi connectivity index (χ1v) is 13.7. The SMILES string of the molecule is CC1O[C@H](OP(=O)(O)OP(=O)(O)OC[C@H]2O[C@@H](n3ccc(=O)[nH]c3=O)C(O)C2O)C(O)C(N(C)C)[C@@H]1O. The average Bonchev–Trinajstić information content (AvgIpc) is 3.03. The van der Waals surface area contributed by atoms with E-state index in [9.17, 15) is 48.9 Å². The van der Waals surface area contributed by atoms with Crippen molar-refractivity contribution in [3.63, 3.8) is 0 Å². The number of ether oxygens (including phenoxy) is 2. The molecule has 7 N–H and O–H groups in total. The molecule has 2 aliphatic heterocycles. The van der Waals surface area contributed by atoms with Gasteiger partial charge in [-0.3, -0.25) is 23.4 Å². The average molecular weight is 577 g/mol. The minimum absolute atomic E-state index is 0.725. The number of nitrogens with one attached hydrogen (secondary N) is 1. The lowest BCUT2D eigenvalue weighted by Crippen LogP contribution is -2.62. The molecular weight excluding hydrogens is 548 g/mol. The van der Waals surface area contributed by atoms with Crippen molar-refractivity contribution in [3.05, 3.63) is 33.1 Å². The Bertz CT molecular complexity index is 1160. The van der Waals surface area contributed by atoms with Gasteiger partial charge in [-0.1, -0.05) is 0 Å². The summed E-state index contributed by atoms with van der Waals surface area (Å²) in [5.41, 5.74) is -1.69. The van der Waals surface area contributed by atoms with Crippen LogP contribution in [0.1, 0.15) is 13.2 Å². The maximum atomic E-state index is 12.4. The zero-order chi connectivity index (χ0) is 27.9. The van der Waals surface area contributed by atoms with E-state index in [1.165, 1.54) is 25.9 Å². The predicted octanol–water partition coefficient (Wildman–Crippen LogP) is -3.20. The Morgan fingerprint density at radius 2 is 1.68 bits per heavy atom. The van der Waals surface area contributed by atoms with Gasteiger partial charge < -0.3 is 44.6 Å². The maximum absolute atomic E-state index is 12.4. The second-order valence-electron chi connectivity index (χ2n) is 8.63. The molecule has 2 fully saturated rings. The van der Waals surface area contributed by atoms with Crippen molar-refractivity contribution in [3.8, 4) is 0 Å². The van der Waals surface area contributed by atoms with E-state index in [2.05, 4.69) is 8.83 Å². The number of hydrogen-bond donors (Lipinski definition) is 7. The minimum Gasteiger partial charge on any atom is -0.389 e. The number of aromatic amines is 1. The van der Waals surface area contributed by atoms with E-state index in [1.807, 2.05) is 4.98 Å². The number of nitrogens with zero attached hydrogens (tertiary/aromatic N) is 2. The van der Waals surface area contributed by atoms with Crippen LogP contribution in [0.4, 0.5) is 0 Å². The molecule has 1 aromatic rings. The van der Waals surface area contributed by atoms with Crippen LogP contribution in [0.15, 0.2) is 21.9 Å². The van der Waals surface area contributed by atoms with Crippen LogP contribution >= 0.6 is 15.6 Å². The Morgan fingerprint density at radius 3 is 2.27 bits per heavy atom. The molecule has 7 unspecified atom stereocenters. The number of aliphatic hydroxyl groups excluding tert-OH is 4. The second kappa shape index (κ2) is 11.4. The second-order valence-corrected chi connectivity index (χ2v) is 11.6. The van der Waals surface area contributed by atoms with Gasteiger partial charge in [-0.2, -0.15) is 4.31 Å². The van der Waals surface area contributed by atoms with Crippen molar-refractivity contribution in [1.82, 2.24) is 14.5 Å². The Labute approximate surface area is 208 Å². The standard InChI is InChI=1S/C17H29N3O15P2/c1-7-11(22)10(19(2)3)13(24)16(32-7)34-37(29,30)35-36(27,28)31-6-8-12(23)14(25)15(33-8)20-5-4-9(21)18-17(20)26/h4-5,7-8,10-16,22-25H,6H2,1-3H3,(H,27,28)(H,29,30)(H,18,21,26)/t7?,8-,10?,11-,12?,13?,14?,15-,16-/m1/s1. The normalized spacial score (nSPS) is 37.8. The Balaban J connectivity index is 1.62. The predicted molar refractivity (Wildman–Crippen MR) is 119 cm³/mol. The van der Waals surface area contributed by atoms with Crippen LogP contribution < -0.4 is 11.2 Å². The molecule has 2 saturated heterocycles. The van der Waals surface area contributed by atoms with Crippen LogP contribution in [0.2, 0.25) is 0 Å². The molecule has 212 valence electrons. The van der Waals surface area contributed by atoms with Crippen molar-refractivity contribution >= 4 is 15.6 Å². The highest BCUT2D eigenvalue weighted by molar-refractivity contribution is 7.61. The van der Waals surface area contributed by atoms with E-state index in [1.54, 1.807) is 0 Å². The van der Waals surface area contributed by atoms with Crippen LogP contribution in [-0.2, 0) is 32.0 Å². The summed E-state index contributed by atoms with van der Waals surface area (Å²) >= 11 is 0. The molecule has 0 aromatic carbocycles. The van der Waals surface area contributed by atoms with Gasteiger partial charge in [-0.15, -0.1) is 0 Å². The summed E-state index contributed by atoms with van der Waals surface area (Å²) < 4.78 is 49.4. The minimum atomic E-state index is -5.44. The quantitative estimate of drug-likeness (QED) is 0.143. The fraction of sp³-hybridized carbons (Fsp3) is 0.765. The molecule has 0 spiro atoms. The van der Waals surface area contributed by atoms with Gasteiger partial charge in [0.1, 0.15) is 24.4 Å². The van der Waals surface area contributed by atoms with Gasteiger partial charge in [0.2, 0.25) is 0 Å². The van der Waals surface area contributed by atoms with Crippen molar-refractivity contribution in [2.45, 2.75) is 62.1 Å². The van der Waals surface area contributed by atoms with Crippen LogP contribution in [0, 0.1) is 0 Å². The van der Waals surface area contributed by atoms with E-state index in [-0.39, 0.29) is 0 Å². The monoisotopic (exact) mass is 577 g/mol. The summed E-state index contributed by atoms with van der Waals surface area (Å²) in [6, 6.07) is -0.0292. The molecule has 0 aliphatic carbocycles. The largest absolute Gasteiger partial charge is 0.483 e. The molecular formula is C17H29N3O15P2. The summed E-state index contributed by atoms with van der Waals surface area (Å²) in [5.74, 6) is 0. The molecule has 0 saturated carbocycles. The van der Waals surface area contributed by atoms with E-state index in [4.69, 9.17) is 14.0 Å². The zero-order valence-electron chi connectivity index (χ0n) is 19.7. The molecule has 1 aromatic heterocycles. The summed E-state index contributed by atoms with van der Waals surface area (Å²) in [5, 5.41) is 40.9. The Kier molecular flexibility index (Phi) is 9.32. The van der Waals surface area contributed by atoms with Gasteiger partial charge >= 0.3 is 21.3 Å². The summed E-state index contributed by atoms with van der Waals surface area (Å²) in [7, 11) is -7.79. The fourth-order valence-corrected chi connectivity index (χ4v) is 6.07. The molecule has 3 heterocycles. The molecule has 2 aliphatic rings. The number of phosphoric acid groups is 2. The lowest BCUT2D eigenvalue weighted by Gasteiger charge is -2.44. The number of likely N-dealkylation sites (N-methyl/N-ethyl adjacent to an activating group) is 1. The summed E-state index contributed by atoms with van der Waals surface area (Å²) in [4.78, 5) is 46.4. The molecule has 37 heavy (non-hydrogen) atoms. The van der Waals surface area contributed by atoms with Crippen molar-refractivity contribution < 1.29 is 62.2 Å². The van der Waals surface area contributed by atoms with E-state index in [0.29, 0.717) is 0 Å². The summed E-state index contributed by atoms with van der Waals surface area (Å²) in [6.45, 7) is 0.442. The van der Waals surface area contributed by atoms with Crippen LogP contribution in [0.25, 0.3) is 0 Å². The highest BCUT2D eigenvalue weighted by Gasteiger charge is 2.49. The highest BCUT2D eigenvalue weighted by Crippen LogP contribution is 2.61. The third kappa shape index (κ3) is 7.00. The van der Waals surface area contributed by atoms with Gasteiger partial charge in [0.05, 0.1) is 24.9 Å². The smallest absolute Gasteiger partial charge is 0.389 e. The topological polar surface area (TPSA) is 260 Å². The maximum Gasteiger partial charge on any atom is 0.483 e. The summed E-state index contributed by atoms with van der Waals surface area (Å²) in [6.07, 6.45) is -11.2. The fourth-order valence-electron chi connectivity index (χ4n) is 3.91. The van der Waals surface area contributed by atoms with Crippen LogP contribution in [0.5, 0.6) is 0 Å². The molecule has 11 atom stereocenters. The van der Waals surface area contributed by atoms with E-state index < -0.39 is 88.7 Å². The molecule has 0 bridgehead atoms. The van der Waals surface area contributed by atoms with Gasteiger partial charge in [-0.25, -0.2) is 13.9 Å². The number of aliphatic hydroxyl groups is 4. The van der Waals surface area contributed by atoms with E-state index in [0.717, 1.165) is 16.8 Å². The molecule has 0 amide bonds. The number of phosphoric ester groups is 2. The number of H-pyrrole nitrogens is 1.